The van der Waals surface area contributed by atoms with Crippen LogP contribution in [-0.4, -0.2) is 36.2 Å². The number of morpholine rings is 1. The Morgan fingerprint density at radius 3 is 2.74 bits per heavy atom. The average molecular weight is 312 g/mol. The van der Waals surface area contributed by atoms with Crippen LogP contribution in [0.4, 0.5) is 4.39 Å². The van der Waals surface area contributed by atoms with E-state index in [0.29, 0.717) is 17.0 Å². The van der Waals surface area contributed by atoms with E-state index >= 15 is 0 Å². The summed E-state index contributed by atoms with van der Waals surface area (Å²) in [4.78, 5) is 6.80. The highest BCUT2D eigenvalue weighted by molar-refractivity contribution is 5.77. The van der Waals surface area contributed by atoms with Crippen molar-refractivity contribution in [3.8, 4) is 11.5 Å². The summed E-state index contributed by atoms with van der Waals surface area (Å²) in [6.07, 6.45) is 0. The molecule has 0 aliphatic carbocycles. The molecule has 23 heavy (non-hydrogen) atoms. The molecule has 4 nitrogen and oxygen atoms in total. The Hall–Kier alpha value is -2.24. The molecule has 0 bridgehead atoms. The van der Waals surface area contributed by atoms with Crippen LogP contribution in [0.25, 0.3) is 22.6 Å². The van der Waals surface area contributed by atoms with Crippen LogP contribution in [0.15, 0.2) is 46.9 Å². The largest absolute Gasteiger partial charge is 0.436 e. The van der Waals surface area contributed by atoms with E-state index in [-0.39, 0.29) is 5.82 Å². The second-order valence-electron chi connectivity index (χ2n) is 5.69. The molecule has 2 heterocycles. The predicted octanol–water partition coefficient (Wildman–Crippen LogP) is 3.47. The Morgan fingerprint density at radius 1 is 1.09 bits per heavy atom. The van der Waals surface area contributed by atoms with Gasteiger partial charge in [-0.1, -0.05) is 18.2 Å². The van der Waals surface area contributed by atoms with Crippen LogP contribution in [0, 0.1) is 5.82 Å². The molecule has 0 unspecified atom stereocenters. The Bertz CT molecular complexity index is 825. The molecular formula is C18H17FN2O2. The van der Waals surface area contributed by atoms with Crippen molar-refractivity contribution in [3.05, 3.63) is 53.8 Å². The summed E-state index contributed by atoms with van der Waals surface area (Å²) < 4.78 is 24.9. The molecule has 2 aromatic carbocycles. The maximum Gasteiger partial charge on any atom is 0.230 e. The van der Waals surface area contributed by atoms with Crippen LogP contribution in [0.1, 0.15) is 5.56 Å². The van der Waals surface area contributed by atoms with E-state index in [4.69, 9.17) is 9.15 Å². The quantitative estimate of drug-likeness (QED) is 0.742. The van der Waals surface area contributed by atoms with E-state index in [2.05, 4.69) is 9.88 Å². The molecule has 0 radical (unpaired) electrons. The third kappa shape index (κ3) is 2.98. The minimum Gasteiger partial charge on any atom is -0.436 e. The summed E-state index contributed by atoms with van der Waals surface area (Å²) in [5.74, 6) is -0.00535. The van der Waals surface area contributed by atoms with Gasteiger partial charge in [0, 0.05) is 19.6 Å². The molecule has 118 valence electrons. The number of hydrogen-bond donors (Lipinski definition) is 0. The third-order valence-electron chi connectivity index (χ3n) is 4.07. The number of oxazole rings is 1. The van der Waals surface area contributed by atoms with Crippen LogP contribution in [0.5, 0.6) is 0 Å². The first kappa shape index (κ1) is 14.4. The van der Waals surface area contributed by atoms with E-state index in [1.807, 2.05) is 18.2 Å². The van der Waals surface area contributed by atoms with Crippen LogP contribution < -0.4 is 0 Å². The van der Waals surface area contributed by atoms with E-state index in [0.717, 1.165) is 38.4 Å². The highest BCUT2D eigenvalue weighted by atomic mass is 19.1. The summed E-state index contributed by atoms with van der Waals surface area (Å²) in [7, 11) is 0. The van der Waals surface area contributed by atoms with Gasteiger partial charge in [0.25, 0.3) is 0 Å². The molecule has 1 aliphatic heterocycles. The van der Waals surface area contributed by atoms with Crippen LogP contribution in [-0.2, 0) is 11.3 Å². The molecule has 1 aliphatic rings. The van der Waals surface area contributed by atoms with Crippen molar-refractivity contribution in [3.63, 3.8) is 0 Å². The van der Waals surface area contributed by atoms with Crippen LogP contribution >= 0.6 is 0 Å². The molecular weight excluding hydrogens is 295 g/mol. The van der Waals surface area contributed by atoms with Crippen molar-refractivity contribution in [1.29, 1.82) is 0 Å². The number of nitrogens with zero attached hydrogens (tertiary/aromatic N) is 2. The molecule has 1 fully saturated rings. The topological polar surface area (TPSA) is 38.5 Å². The monoisotopic (exact) mass is 312 g/mol. The summed E-state index contributed by atoms with van der Waals surface area (Å²) >= 11 is 0. The van der Waals surface area contributed by atoms with Crippen molar-refractivity contribution >= 4 is 11.1 Å². The molecule has 0 N–H and O–H groups in total. The van der Waals surface area contributed by atoms with E-state index < -0.39 is 0 Å². The molecule has 0 spiro atoms. The molecule has 0 saturated carbocycles. The van der Waals surface area contributed by atoms with Crippen molar-refractivity contribution in [2.45, 2.75) is 6.54 Å². The number of benzene rings is 2. The molecule has 0 atom stereocenters. The van der Waals surface area contributed by atoms with Gasteiger partial charge in [0.15, 0.2) is 5.58 Å². The van der Waals surface area contributed by atoms with E-state index in [1.54, 1.807) is 18.2 Å². The first-order chi connectivity index (χ1) is 11.3. The number of halogens is 1. The zero-order valence-corrected chi connectivity index (χ0v) is 12.7. The zero-order chi connectivity index (χ0) is 15.6. The lowest BCUT2D eigenvalue weighted by atomic mass is 10.2. The fourth-order valence-electron chi connectivity index (χ4n) is 2.84. The van der Waals surface area contributed by atoms with Gasteiger partial charge in [0.05, 0.1) is 18.8 Å². The first-order valence-electron chi connectivity index (χ1n) is 7.74. The highest BCUT2D eigenvalue weighted by Crippen LogP contribution is 2.27. The minimum atomic E-state index is -0.326. The van der Waals surface area contributed by atoms with Crippen LogP contribution in [0.2, 0.25) is 0 Å². The zero-order valence-electron chi connectivity index (χ0n) is 12.7. The summed E-state index contributed by atoms with van der Waals surface area (Å²) in [6, 6.07) is 12.5. The first-order valence-corrected chi connectivity index (χ1v) is 7.74. The lowest BCUT2D eigenvalue weighted by molar-refractivity contribution is 0.0342. The second-order valence-corrected chi connectivity index (χ2v) is 5.69. The fourth-order valence-corrected chi connectivity index (χ4v) is 2.84. The Labute approximate surface area is 133 Å². The normalized spacial score (nSPS) is 16.0. The van der Waals surface area contributed by atoms with Gasteiger partial charge in [0.1, 0.15) is 11.3 Å². The summed E-state index contributed by atoms with van der Waals surface area (Å²) in [6.45, 7) is 4.31. The molecule has 3 aromatic rings. The second kappa shape index (κ2) is 6.10. The number of fused-ring (bicyclic) bond motifs is 1. The number of aromatic nitrogens is 1. The van der Waals surface area contributed by atoms with Gasteiger partial charge >= 0.3 is 0 Å². The minimum absolute atomic E-state index is 0.321. The molecule has 4 rings (SSSR count). The van der Waals surface area contributed by atoms with Crippen molar-refractivity contribution in [2.75, 3.05) is 26.3 Å². The number of ether oxygens (including phenoxy) is 1. The van der Waals surface area contributed by atoms with Gasteiger partial charge in [-0.15, -0.1) is 0 Å². The summed E-state index contributed by atoms with van der Waals surface area (Å²) in [5.41, 5.74) is 2.99. The Balaban J connectivity index is 1.63. The van der Waals surface area contributed by atoms with E-state index in [1.165, 1.54) is 11.6 Å². The Kier molecular flexibility index (Phi) is 3.81. The van der Waals surface area contributed by atoms with Crippen molar-refractivity contribution < 1.29 is 13.5 Å². The lowest BCUT2D eigenvalue weighted by Crippen LogP contribution is -2.35. The maximum atomic E-state index is 13.9. The molecule has 1 aromatic heterocycles. The van der Waals surface area contributed by atoms with Crippen molar-refractivity contribution in [1.82, 2.24) is 9.88 Å². The number of hydrogen-bond acceptors (Lipinski definition) is 4. The lowest BCUT2D eigenvalue weighted by Gasteiger charge is -2.26. The third-order valence-corrected chi connectivity index (χ3v) is 4.07. The molecule has 5 heteroatoms. The standard InChI is InChI=1S/C18H17FN2O2/c19-15-4-2-1-3-14(15)18-20-16-11-13(5-6-17(16)23-18)12-21-7-9-22-10-8-21/h1-6,11H,7-10,12H2. The molecule has 0 amide bonds. The maximum absolute atomic E-state index is 13.9. The van der Waals surface area contributed by atoms with Gasteiger partial charge in [0.2, 0.25) is 5.89 Å². The highest BCUT2D eigenvalue weighted by Gasteiger charge is 2.14. The SMILES string of the molecule is Fc1ccccc1-c1nc2cc(CN3CCOCC3)ccc2o1. The van der Waals surface area contributed by atoms with Gasteiger partial charge in [-0.25, -0.2) is 9.37 Å². The van der Waals surface area contributed by atoms with Crippen LogP contribution in [0.3, 0.4) is 0 Å². The summed E-state index contributed by atoms with van der Waals surface area (Å²) in [5, 5.41) is 0. The van der Waals surface area contributed by atoms with Gasteiger partial charge in [-0.2, -0.15) is 0 Å². The average Bonchev–Trinajstić information content (AvgIpc) is 2.99. The molecule has 1 saturated heterocycles. The van der Waals surface area contributed by atoms with Gasteiger partial charge < -0.3 is 9.15 Å². The van der Waals surface area contributed by atoms with Gasteiger partial charge in [-0.05, 0) is 29.8 Å². The van der Waals surface area contributed by atoms with Gasteiger partial charge in [-0.3, -0.25) is 4.90 Å². The van der Waals surface area contributed by atoms with E-state index in [9.17, 15) is 4.39 Å². The Morgan fingerprint density at radius 2 is 1.91 bits per heavy atom. The fraction of sp³-hybridized carbons (Fsp3) is 0.278. The predicted molar refractivity (Wildman–Crippen MR) is 85.5 cm³/mol. The number of rotatable bonds is 3. The van der Waals surface area contributed by atoms with Crippen molar-refractivity contribution in [2.24, 2.45) is 0 Å². The smallest absolute Gasteiger partial charge is 0.230 e.